The number of phenols is 1. The summed E-state index contributed by atoms with van der Waals surface area (Å²) in [6.45, 7) is 2.44. The Hall–Kier alpha value is -2.30. The highest BCUT2D eigenvalue weighted by Gasteiger charge is 2.13. The summed E-state index contributed by atoms with van der Waals surface area (Å²) in [4.78, 5) is 12.3. The third kappa shape index (κ3) is 5.08. The molecule has 0 saturated carbocycles. The van der Waals surface area contributed by atoms with Gasteiger partial charge >= 0.3 is 0 Å². The molecule has 0 radical (unpaired) electrons. The molecule has 0 atom stereocenters. The summed E-state index contributed by atoms with van der Waals surface area (Å²) in [5, 5.41) is 22.0. The lowest BCUT2D eigenvalue weighted by atomic mass is 10.1. The fourth-order valence-corrected chi connectivity index (χ4v) is 3.26. The van der Waals surface area contributed by atoms with E-state index < -0.39 is 5.91 Å². The normalized spacial score (nSPS) is 10.9. The van der Waals surface area contributed by atoms with E-state index in [1.54, 1.807) is 36.4 Å². The maximum absolute atomic E-state index is 12.3. The highest BCUT2D eigenvalue weighted by molar-refractivity contribution is 9.11. The lowest BCUT2D eigenvalue weighted by Gasteiger charge is -2.07. The van der Waals surface area contributed by atoms with Crippen LogP contribution < -0.4 is 10.1 Å². The summed E-state index contributed by atoms with van der Waals surface area (Å²) < 4.78 is 6.49. The van der Waals surface area contributed by atoms with E-state index in [0.29, 0.717) is 32.6 Å². The lowest BCUT2D eigenvalue weighted by molar-refractivity contribution is -0.112. The molecule has 2 aromatic carbocycles. The zero-order valence-electron chi connectivity index (χ0n) is 13.2. The number of anilines is 1. The van der Waals surface area contributed by atoms with Crippen LogP contribution >= 0.6 is 31.9 Å². The molecule has 0 aromatic heterocycles. The lowest BCUT2D eigenvalue weighted by Crippen LogP contribution is -2.13. The van der Waals surface area contributed by atoms with Gasteiger partial charge in [-0.2, -0.15) is 5.26 Å². The van der Waals surface area contributed by atoms with E-state index in [9.17, 15) is 15.2 Å². The van der Waals surface area contributed by atoms with Crippen molar-refractivity contribution >= 4 is 49.5 Å². The Morgan fingerprint density at radius 2 is 2.00 bits per heavy atom. The second kappa shape index (κ2) is 8.70. The predicted molar refractivity (Wildman–Crippen MR) is 103 cm³/mol. The maximum Gasteiger partial charge on any atom is 0.266 e. The average Bonchev–Trinajstić information content (AvgIpc) is 2.58. The summed E-state index contributed by atoms with van der Waals surface area (Å²) in [5.41, 5.74) is 0.753. The van der Waals surface area contributed by atoms with E-state index in [1.807, 2.05) is 13.0 Å². The Morgan fingerprint density at radius 1 is 1.32 bits per heavy atom. The summed E-state index contributed by atoms with van der Waals surface area (Å²) in [5.74, 6) is 0.0763. The first-order chi connectivity index (χ1) is 11.9. The van der Waals surface area contributed by atoms with Crippen molar-refractivity contribution in [2.24, 2.45) is 0 Å². The number of carbonyl (C=O) groups excluding carboxylic acids is 1. The molecule has 25 heavy (non-hydrogen) atoms. The van der Waals surface area contributed by atoms with Crippen molar-refractivity contribution in [3.8, 4) is 17.6 Å². The van der Waals surface area contributed by atoms with E-state index in [0.717, 1.165) is 0 Å². The van der Waals surface area contributed by atoms with Gasteiger partial charge in [0.2, 0.25) is 0 Å². The molecule has 128 valence electrons. The molecular weight excluding hydrogens is 452 g/mol. The van der Waals surface area contributed by atoms with Crippen molar-refractivity contribution in [2.75, 3.05) is 11.9 Å². The van der Waals surface area contributed by atoms with Gasteiger partial charge in [-0.15, -0.1) is 0 Å². The molecule has 0 aliphatic heterocycles. The van der Waals surface area contributed by atoms with E-state index in [2.05, 4.69) is 37.2 Å². The Labute approximate surface area is 162 Å². The van der Waals surface area contributed by atoms with Gasteiger partial charge in [0, 0.05) is 15.7 Å². The van der Waals surface area contributed by atoms with Crippen LogP contribution in [0, 0.1) is 11.3 Å². The number of nitriles is 1. The molecule has 2 aromatic rings. The van der Waals surface area contributed by atoms with Crippen molar-refractivity contribution in [3.05, 3.63) is 56.5 Å². The predicted octanol–water partition coefficient (Wildman–Crippen LogP) is 4.86. The number of hydrogen-bond donors (Lipinski definition) is 2. The second-order valence-corrected chi connectivity index (χ2v) is 6.68. The number of nitrogens with one attached hydrogen (secondary N) is 1. The number of ether oxygens (including phenoxy) is 1. The monoisotopic (exact) mass is 464 g/mol. The number of halogens is 2. The van der Waals surface area contributed by atoms with Gasteiger partial charge in [-0.1, -0.05) is 15.9 Å². The third-order valence-electron chi connectivity index (χ3n) is 3.15. The summed E-state index contributed by atoms with van der Waals surface area (Å²) in [6.07, 6.45) is 1.33. The number of nitrogens with zero attached hydrogens (tertiary/aromatic N) is 1. The van der Waals surface area contributed by atoms with Gasteiger partial charge in [-0.25, -0.2) is 0 Å². The minimum absolute atomic E-state index is 0.0511. The van der Waals surface area contributed by atoms with Crippen LogP contribution in [0.3, 0.4) is 0 Å². The molecular formula is C18H14Br2N2O3. The fourth-order valence-electron chi connectivity index (χ4n) is 2.00. The minimum Gasteiger partial charge on any atom is -0.506 e. The molecule has 0 saturated heterocycles. The number of benzene rings is 2. The first kappa shape index (κ1) is 19.0. The molecule has 0 heterocycles. The zero-order chi connectivity index (χ0) is 18.4. The highest BCUT2D eigenvalue weighted by atomic mass is 79.9. The molecule has 0 aliphatic carbocycles. The molecule has 5 nitrogen and oxygen atoms in total. The van der Waals surface area contributed by atoms with Crippen molar-refractivity contribution in [1.82, 2.24) is 0 Å². The Bertz CT molecular complexity index is 856. The van der Waals surface area contributed by atoms with Gasteiger partial charge in [0.15, 0.2) is 0 Å². The number of hydrogen-bond acceptors (Lipinski definition) is 4. The van der Waals surface area contributed by atoms with Crippen molar-refractivity contribution in [3.63, 3.8) is 0 Å². The average molecular weight is 466 g/mol. The Balaban J connectivity index is 2.23. The largest absolute Gasteiger partial charge is 0.506 e. The van der Waals surface area contributed by atoms with E-state index >= 15 is 0 Å². The van der Waals surface area contributed by atoms with Crippen LogP contribution in [0.15, 0.2) is 50.9 Å². The maximum atomic E-state index is 12.3. The van der Waals surface area contributed by atoms with Gasteiger partial charge in [0.1, 0.15) is 23.1 Å². The number of amides is 1. The van der Waals surface area contributed by atoms with Crippen LogP contribution in [0.2, 0.25) is 0 Å². The number of phenolic OH excluding ortho intramolecular Hbond substituents is 1. The number of carbonyl (C=O) groups is 1. The Kier molecular flexibility index (Phi) is 6.62. The van der Waals surface area contributed by atoms with E-state index in [-0.39, 0.29) is 11.3 Å². The molecule has 0 aliphatic rings. The SMILES string of the molecule is CCOc1ccc(NC(=O)/C(C#N)=C\c2cc(Br)cc(Br)c2O)cc1. The molecule has 1 amide bonds. The Morgan fingerprint density at radius 3 is 2.60 bits per heavy atom. The van der Waals surface area contributed by atoms with Crippen LogP contribution in [0.5, 0.6) is 11.5 Å². The van der Waals surface area contributed by atoms with Gasteiger partial charge in [-0.3, -0.25) is 4.79 Å². The first-order valence-corrected chi connectivity index (χ1v) is 8.87. The second-order valence-electron chi connectivity index (χ2n) is 4.91. The zero-order valence-corrected chi connectivity index (χ0v) is 16.4. The van der Waals surface area contributed by atoms with Gasteiger partial charge in [0.25, 0.3) is 5.91 Å². The van der Waals surface area contributed by atoms with Crippen LogP contribution in [-0.4, -0.2) is 17.6 Å². The standard InChI is InChI=1S/C18H14Br2N2O3/c1-2-25-15-5-3-14(4-6-15)22-18(24)12(10-21)7-11-8-13(19)9-16(20)17(11)23/h3-9,23H,2H2,1H3,(H,22,24)/b12-7-. The molecule has 0 unspecified atom stereocenters. The third-order valence-corrected chi connectivity index (χ3v) is 4.21. The van der Waals surface area contributed by atoms with Crippen LogP contribution in [0.4, 0.5) is 5.69 Å². The quantitative estimate of drug-likeness (QED) is 0.487. The number of aromatic hydroxyl groups is 1. The van der Waals surface area contributed by atoms with Crippen LogP contribution in [0.1, 0.15) is 12.5 Å². The highest BCUT2D eigenvalue weighted by Crippen LogP contribution is 2.33. The summed E-state index contributed by atoms with van der Waals surface area (Å²) in [7, 11) is 0. The van der Waals surface area contributed by atoms with E-state index in [4.69, 9.17) is 4.74 Å². The molecule has 2 N–H and O–H groups in total. The summed E-state index contributed by atoms with van der Waals surface area (Å²) >= 11 is 6.52. The number of rotatable bonds is 5. The fraction of sp³-hybridized carbons (Fsp3) is 0.111. The smallest absolute Gasteiger partial charge is 0.266 e. The topological polar surface area (TPSA) is 82.3 Å². The van der Waals surface area contributed by atoms with Crippen LogP contribution in [0.25, 0.3) is 6.08 Å². The molecule has 7 heteroatoms. The van der Waals surface area contributed by atoms with Gasteiger partial charge < -0.3 is 15.2 Å². The van der Waals surface area contributed by atoms with E-state index in [1.165, 1.54) is 6.08 Å². The molecule has 0 bridgehead atoms. The summed E-state index contributed by atoms with van der Waals surface area (Å²) in [6, 6.07) is 12.0. The minimum atomic E-state index is -0.567. The molecule has 2 rings (SSSR count). The molecule has 0 fully saturated rings. The van der Waals surface area contributed by atoms with Gasteiger partial charge in [-0.05, 0) is 65.3 Å². The van der Waals surface area contributed by atoms with Crippen molar-refractivity contribution in [2.45, 2.75) is 6.92 Å². The van der Waals surface area contributed by atoms with Gasteiger partial charge in [0.05, 0.1) is 11.1 Å². The van der Waals surface area contributed by atoms with Crippen molar-refractivity contribution < 1.29 is 14.6 Å². The van der Waals surface area contributed by atoms with Crippen molar-refractivity contribution in [1.29, 1.82) is 5.26 Å². The van der Waals surface area contributed by atoms with Crippen LogP contribution in [-0.2, 0) is 4.79 Å². The molecule has 0 spiro atoms. The first-order valence-electron chi connectivity index (χ1n) is 7.28.